The number of hydrogen-bond donors (Lipinski definition) is 1. The van der Waals surface area contributed by atoms with E-state index in [2.05, 4.69) is 10.3 Å². The van der Waals surface area contributed by atoms with Crippen LogP contribution in [0.25, 0.3) is 11.0 Å². The number of fused-ring (bicyclic) bond motifs is 1. The van der Waals surface area contributed by atoms with E-state index in [4.69, 9.17) is 11.6 Å². The van der Waals surface area contributed by atoms with Gasteiger partial charge in [0.25, 0.3) is 0 Å². The summed E-state index contributed by atoms with van der Waals surface area (Å²) in [7, 11) is 1.84. The van der Waals surface area contributed by atoms with E-state index in [9.17, 15) is 9.59 Å². The summed E-state index contributed by atoms with van der Waals surface area (Å²) >= 11 is 5.99. The van der Waals surface area contributed by atoms with Crippen LogP contribution < -0.4 is 5.32 Å². The number of likely N-dealkylation sites (tertiary alicyclic amines) is 1. The van der Waals surface area contributed by atoms with E-state index < -0.39 is 6.04 Å². The zero-order chi connectivity index (χ0) is 17.3. The van der Waals surface area contributed by atoms with E-state index in [0.29, 0.717) is 30.4 Å². The summed E-state index contributed by atoms with van der Waals surface area (Å²) < 4.78 is 1.82. The predicted molar refractivity (Wildman–Crippen MR) is 94.0 cm³/mol. The first-order valence-corrected chi connectivity index (χ1v) is 8.61. The second kappa shape index (κ2) is 6.81. The molecule has 24 heavy (non-hydrogen) atoms. The van der Waals surface area contributed by atoms with Crippen molar-refractivity contribution >= 4 is 40.4 Å². The molecule has 1 aromatic carbocycles. The monoisotopic (exact) mass is 348 g/mol. The molecule has 0 radical (unpaired) electrons. The van der Waals surface area contributed by atoms with Gasteiger partial charge in [0.1, 0.15) is 6.04 Å². The Hall–Kier alpha value is -2.08. The number of rotatable bonds is 4. The highest BCUT2D eigenvalue weighted by molar-refractivity contribution is 6.31. The normalized spacial score (nSPS) is 17.5. The van der Waals surface area contributed by atoms with Gasteiger partial charge in [0.2, 0.25) is 17.8 Å². The van der Waals surface area contributed by atoms with E-state index in [-0.39, 0.29) is 11.8 Å². The Bertz CT molecular complexity index is 786. The van der Waals surface area contributed by atoms with Crippen molar-refractivity contribution in [1.82, 2.24) is 14.5 Å². The molecule has 2 amide bonds. The Morgan fingerprint density at radius 3 is 2.96 bits per heavy atom. The third-order valence-electron chi connectivity index (χ3n) is 4.42. The van der Waals surface area contributed by atoms with Gasteiger partial charge in [-0.25, -0.2) is 4.98 Å². The first-order valence-electron chi connectivity index (χ1n) is 8.23. The molecule has 0 unspecified atom stereocenters. The van der Waals surface area contributed by atoms with Crippen LogP contribution in [0, 0.1) is 0 Å². The molecule has 128 valence electrons. The first kappa shape index (κ1) is 16.8. The molecule has 3 rings (SSSR count). The third-order valence-corrected chi connectivity index (χ3v) is 4.65. The number of amides is 2. The lowest BCUT2D eigenvalue weighted by Crippen LogP contribution is -2.43. The number of imidazole rings is 1. The molecule has 1 saturated heterocycles. The van der Waals surface area contributed by atoms with Crippen molar-refractivity contribution < 1.29 is 9.59 Å². The minimum absolute atomic E-state index is 0.0481. The fourth-order valence-electron chi connectivity index (χ4n) is 3.17. The van der Waals surface area contributed by atoms with Crippen molar-refractivity contribution in [3.63, 3.8) is 0 Å². The van der Waals surface area contributed by atoms with Crippen LogP contribution in [0.3, 0.4) is 0 Å². The summed E-state index contributed by atoms with van der Waals surface area (Å²) in [6.45, 7) is 2.61. The van der Waals surface area contributed by atoms with Crippen LogP contribution in [0.5, 0.6) is 0 Å². The number of aromatic nitrogens is 2. The molecule has 1 aliphatic heterocycles. The van der Waals surface area contributed by atoms with Gasteiger partial charge in [-0.1, -0.05) is 18.5 Å². The van der Waals surface area contributed by atoms with E-state index in [1.807, 2.05) is 24.6 Å². The highest BCUT2D eigenvalue weighted by Crippen LogP contribution is 2.24. The Morgan fingerprint density at radius 2 is 2.21 bits per heavy atom. The van der Waals surface area contributed by atoms with Crippen molar-refractivity contribution in [1.29, 1.82) is 0 Å². The van der Waals surface area contributed by atoms with Gasteiger partial charge in [0, 0.05) is 25.0 Å². The number of aryl methyl sites for hydroxylation is 1. The predicted octanol–water partition coefficient (Wildman–Crippen LogP) is 2.96. The molecule has 1 atom stereocenters. The first-order chi connectivity index (χ1) is 11.5. The molecular weight excluding hydrogens is 328 g/mol. The Labute approximate surface area is 145 Å². The van der Waals surface area contributed by atoms with Gasteiger partial charge < -0.3 is 9.47 Å². The summed E-state index contributed by atoms with van der Waals surface area (Å²) in [5, 5.41) is 3.47. The van der Waals surface area contributed by atoms with Gasteiger partial charge >= 0.3 is 0 Å². The highest BCUT2D eigenvalue weighted by Gasteiger charge is 2.34. The minimum Gasteiger partial charge on any atom is -0.331 e. The largest absolute Gasteiger partial charge is 0.331 e. The summed E-state index contributed by atoms with van der Waals surface area (Å²) in [5.41, 5.74) is 1.62. The Morgan fingerprint density at radius 1 is 1.42 bits per heavy atom. The number of hydrogen-bond acceptors (Lipinski definition) is 3. The van der Waals surface area contributed by atoms with Crippen molar-refractivity contribution in [3.05, 3.63) is 23.2 Å². The maximum Gasteiger partial charge on any atom is 0.249 e. The van der Waals surface area contributed by atoms with Crippen molar-refractivity contribution in [2.45, 2.75) is 38.6 Å². The van der Waals surface area contributed by atoms with Crippen molar-refractivity contribution in [2.75, 3.05) is 11.9 Å². The maximum atomic E-state index is 12.6. The van der Waals surface area contributed by atoms with Crippen LogP contribution in [-0.4, -0.2) is 38.9 Å². The van der Waals surface area contributed by atoms with Crippen LogP contribution in [0.15, 0.2) is 18.2 Å². The molecule has 6 nitrogen and oxygen atoms in total. The number of nitrogens with zero attached hydrogens (tertiary/aromatic N) is 3. The molecule has 7 heteroatoms. The molecule has 2 heterocycles. The van der Waals surface area contributed by atoms with Gasteiger partial charge in [0.15, 0.2) is 0 Å². The molecule has 0 bridgehead atoms. The lowest BCUT2D eigenvalue weighted by atomic mass is 10.2. The lowest BCUT2D eigenvalue weighted by molar-refractivity contribution is -0.136. The molecule has 0 spiro atoms. The smallest absolute Gasteiger partial charge is 0.249 e. The molecule has 1 fully saturated rings. The second-order valence-corrected chi connectivity index (χ2v) is 6.55. The third kappa shape index (κ3) is 3.11. The highest BCUT2D eigenvalue weighted by atomic mass is 35.5. The van der Waals surface area contributed by atoms with Crippen molar-refractivity contribution in [2.24, 2.45) is 7.05 Å². The molecule has 0 saturated carbocycles. The summed E-state index contributed by atoms with van der Waals surface area (Å²) in [6, 6.07) is 5.01. The van der Waals surface area contributed by atoms with E-state index in [0.717, 1.165) is 23.9 Å². The summed E-state index contributed by atoms with van der Waals surface area (Å²) in [5.74, 6) is 0.334. The standard InChI is InChI=1S/C17H21ClN4O2/c1-3-5-15(23)22-9-4-6-14(22)16(24)20-17-19-12-10-11(18)7-8-13(12)21(17)2/h7-8,10,14H,3-6,9H2,1-2H3,(H,19,20,24)/t14-/m1/s1. The fourth-order valence-corrected chi connectivity index (χ4v) is 3.34. The van der Waals surface area contributed by atoms with Crippen LogP contribution in [0.1, 0.15) is 32.6 Å². The summed E-state index contributed by atoms with van der Waals surface area (Å²) in [6.07, 6.45) is 2.81. The molecular formula is C17H21ClN4O2. The number of carbonyl (C=O) groups is 2. The van der Waals surface area contributed by atoms with E-state index in [1.54, 1.807) is 17.0 Å². The quantitative estimate of drug-likeness (QED) is 0.923. The number of halogens is 1. The summed E-state index contributed by atoms with van der Waals surface area (Å²) in [4.78, 5) is 30.9. The molecule has 0 aliphatic carbocycles. The Kier molecular flexibility index (Phi) is 4.76. The average molecular weight is 349 g/mol. The van der Waals surface area contributed by atoms with Gasteiger partial charge in [-0.15, -0.1) is 0 Å². The maximum absolute atomic E-state index is 12.6. The molecule has 1 aliphatic rings. The number of anilines is 1. The number of benzene rings is 1. The fraction of sp³-hybridized carbons (Fsp3) is 0.471. The topological polar surface area (TPSA) is 67.2 Å². The van der Waals surface area contributed by atoms with E-state index >= 15 is 0 Å². The van der Waals surface area contributed by atoms with Gasteiger partial charge in [-0.2, -0.15) is 0 Å². The average Bonchev–Trinajstić information content (AvgIpc) is 3.13. The van der Waals surface area contributed by atoms with Crippen LogP contribution in [-0.2, 0) is 16.6 Å². The molecule has 1 aromatic heterocycles. The number of nitrogens with one attached hydrogen (secondary N) is 1. The van der Waals surface area contributed by atoms with Crippen LogP contribution >= 0.6 is 11.6 Å². The van der Waals surface area contributed by atoms with Gasteiger partial charge in [-0.3, -0.25) is 14.9 Å². The van der Waals surface area contributed by atoms with Gasteiger partial charge in [0.05, 0.1) is 11.0 Å². The number of carbonyl (C=O) groups excluding carboxylic acids is 2. The lowest BCUT2D eigenvalue weighted by Gasteiger charge is -2.23. The molecule has 1 N–H and O–H groups in total. The van der Waals surface area contributed by atoms with Crippen molar-refractivity contribution in [3.8, 4) is 0 Å². The SMILES string of the molecule is CCCC(=O)N1CCC[C@@H]1C(=O)Nc1nc2cc(Cl)ccc2n1C. The zero-order valence-electron chi connectivity index (χ0n) is 13.9. The van der Waals surface area contributed by atoms with Crippen LogP contribution in [0.2, 0.25) is 5.02 Å². The molecule has 2 aromatic rings. The van der Waals surface area contributed by atoms with Crippen LogP contribution in [0.4, 0.5) is 5.95 Å². The van der Waals surface area contributed by atoms with Gasteiger partial charge in [-0.05, 0) is 37.5 Å². The van der Waals surface area contributed by atoms with E-state index in [1.165, 1.54) is 0 Å². The minimum atomic E-state index is -0.410. The second-order valence-electron chi connectivity index (χ2n) is 6.11. The zero-order valence-corrected chi connectivity index (χ0v) is 14.6. The Balaban J connectivity index is 1.79.